The summed E-state index contributed by atoms with van der Waals surface area (Å²) in [4.78, 5) is 83.4. The lowest BCUT2D eigenvalue weighted by Crippen LogP contribution is -2.49. The molecule has 46 heavy (non-hydrogen) atoms. The zero-order valence-electron chi connectivity index (χ0n) is 27.3. The molecule has 1 aromatic rings. The molecule has 0 saturated heterocycles. The van der Waals surface area contributed by atoms with Crippen molar-refractivity contribution in [1.82, 2.24) is 31.9 Å². The monoisotopic (exact) mass is 662 g/mol. The minimum Gasteiger partial charge on any atom is -0.344 e. The second-order valence-electron chi connectivity index (χ2n) is 12.0. The third-order valence-electron chi connectivity index (χ3n) is 6.85. The number of urea groups is 2. The van der Waals surface area contributed by atoms with Gasteiger partial charge in [-0.1, -0.05) is 58.4 Å². The zero-order chi connectivity index (χ0) is 34.5. The van der Waals surface area contributed by atoms with E-state index in [-0.39, 0.29) is 43.7 Å². The van der Waals surface area contributed by atoms with Gasteiger partial charge in [-0.05, 0) is 36.8 Å². The molecule has 6 N–H and O–H groups in total. The Labute approximate surface area is 277 Å². The van der Waals surface area contributed by atoms with Gasteiger partial charge in [0.1, 0.15) is 24.4 Å². The maximum Gasteiger partial charge on any atom is 0.315 e. The fourth-order valence-corrected chi connectivity index (χ4v) is 4.40. The molecule has 0 bridgehead atoms. The summed E-state index contributed by atoms with van der Waals surface area (Å²) in [5.41, 5.74) is 0.915. The molecule has 0 aliphatic heterocycles. The number of carbonyl (C=O) groups is 7. The summed E-state index contributed by atoms with van der Waals surface area (Å²) in [6.45, 7) is 8.47. The van der Waals surface area contributed by atoms with E-state index in [1.807, 2.05) is 6.92 Å². The van der Waals surface area contributed by atoms with E-state index < -0.39 is 34.7 Å². The number of ketones is 1. The molecule has 0 aliphatic carbocycles. The third kappa shape index (κ3) is 17.5. The van der Waals surface area contributed by atoms with Crippen LogP contribution in [0.5, 0.6) is 0 Å². The van der Waals surface area contributed by atoms with Crippen LogP contribution in [-0.4, -0.2) is 72.8 Å². The van der Waals surface area contributed by atoms with Gasteiger partial charge < -0.3 is 41.5 Å². The normalized spacial score (nSPS) is 12.9. The number of amides is 6. The van der Waals surface area contributed by atoms with E-state index in [1.54, 1.807) is 45.0 Å². The molecule has 0 fully saturated rings. The van der Waals surface area contributed by atoms with Gasteiger partial charge in [0, 0.05) is 37.9 Å². The van der Waals surface area contributed by atoms with Crippen molar-refractivity contribution >= 4 is 54.9 Å². The van der Waals surface area contributed by atoms with Crippen LogP contribution in [0, 0.1) is 5.41 Å². The smallest absolute Gasteiger partial charge is 0.315 e. The van der Waals surface area contributed by atoms with Crippen molar-refractivity contribution in [1.29, 1.82) is 0 Å². The Bertz CT molecular complexity index is 1160. The number of Topliss-reactive ketones (excluding diaryl/α,β-unsaturated/α-hetero) is 1. The maximum absolute atomic E-state index is 12.6. The Kier molecular flexibility index (Phi) is 18.9. The number of rotatable bonds is 21. The summed E-state index contributed by atoms with van der Waals surface area (Å²) in [7, 11) is 0. The molecule has 1 rings (SSSR count). The van der Waals surface area contributed by atoms with Gasteiger partial charge in [0.2, 0.25) is 11.8 Å². The number of thiol groups is 1. The highest BCUT2D eigenvalue weighted by molar-refractivity contribution is 7.81. The average Bonchev–Trinajstić information content (AvgIpc) is 2.99. The molecule has 256 valence electrons. The number of hydrogen-bond donors (Lipinski definition) is 7. The highest BCUT2D eigenvalue weighted by Crippen LogP contribution is 2.18. The minimum atomic E-state index is -1.10. The second kappa shape index (κ2) is 21.7. The topological polar surface area (TPSA) is 192 Å². The van der Waals surface area contributed by atoms with Crippen molar-refractivity contribution in [2.24, 2.45) is 5.41 Å². The van der Waals surface area contributed by atoms with Crippen LogP contribution in [0.2, 0.25) is 0 Å². The van der Waals surface area contributed by atoms with E-state index in [9.17, 15) is 33.6 Å². The van der Waals surface area contributed by atoms with E-state index >= 15 is 0 Å². The molecule has 3 atom stereocenters. The van der Waals surface area contributed by atoms with Crippen LogP contribution in [-0.2, 0) is 36.9 Å². The van der Waals surface area contributed by atoms with Gasteiger partial charge in [0.15, 0.2) is 0 Å². The molecule has 0 aliphatic rings. The van der Waals surface area contributed by atoms with E-state index in [0.717, 1.165) is 37.5 Å². The van der Waals surface area contributed by atoms with Gasteiger partial charge in [-0.15, -0.1) is 0 Å². The molecule has 0 radical (unpaired) electrons. The van der Waals surface area contributed by atoms with Gasteiger partial charge in [-0.3, -0.25) is 14.4 Å². The average molecular weight is 663 g/mol. The van der Waals surface area contributed by atoms with E-state index in [4.69, 9.17) is 0 Å². The van der Waals surface area contributed by atoms with E-state index in [0.29, 0.717) is 31.4 Å². The largest absolute Gasteiger partial charge is 0.344 e. The maximum atomic E-state index is 12.6. The van der Waals surface area contributed by atoms with Crippen LogP contribution in [0.1, 0.15) is 83.8 Å². The number of carbonyl (C=O) groups excluding carboxylic acids is 7. The Morgan fingerprint density at radius 3 is 2.00 bits per heavy atom. The molecular formula is C32H50N6O7S. The number of hydrogen-bond acceptors (Lipinski definition) is 8. The molecule has 1 aromatic carbocycles. The standard InChI is InChI=1S/C32H50N6O7S/c1-5-9-24(21-40)36-31(45)34-16-8-6-7-15-33-30(44)35-20-23-12-10-22(11-13-23)18-27(42)37-25(14-17-39)29(43)38-28(46)19-26(41)32(2,3)4/h10-13,17,21,24-25,28,46H,5-9,14-16,18-20H2,1-4H3,(H,37,42)(H,38,43)(H2,33,35,44)(H2,34,36,45). The number of nitrogens with one attached hydrogen (secondary N) is 6. The van der Waals surface area contributed by atoms with Crippen molar-refractivity contribution in [3.05, 3.63) is 35.4 Å². The molecular weight excluding hydrogens is 612 g/mol. The van der Waals surface area contributed by atoms with Crippen LogP contribution >= 0.6 is 12.6 Å². The number of aldehydes is 2. The van der Waals surface area contributed by atoms with Crippen molar-refractivity contribution < 1.29 is 33.6 Å². The Morgan fingerprint density at radius 2 is 1.43 bits per heavy atom. The Balaban J connectivity index is 2.35. The summed E-state index contributed by atoms with van der Waals surface area (Å²) in [5, 5.41) is 15.3. The highest BCUT2D eigenvalue weighted by atomic mass is 32.1. The summed E-state index contributed by atoms with van der Waals surface area (Å²) in [5.74, 6) is -1.14. The third-order valence-corrected chi connectivity index (χ3v) is 7.17. The van der Waals surface area contributed by atoms with Crippen molar-refractivity contribution in [2.75, 3.05) is 13.1 Å². The first-order chi connectivity index (χ1) is 21.8. The predicted molar refractivity (Wildman–Crippen MR) is 178 cm³/mol. The summed E-state index contributed by atoms with van der Waals surface area (Å²) >= 11 is 4.26. The van der Waals surface area contributed by atoms with Gasteiger partial charge >= 0.3 is 12.1 Å². The number of unbranched alkanes of at least 4 members (excludes halogenated alkanes) is 2. The Morgan fingerprint density at radius 1 is 0.826 bits per heavy atom. The predicted octanol–water partition coefficient (Wildman–Crippen LogP) is 2.32. The van der Waals surface area contributed by atoms with Crippen LogP contribution in [0.15, 0.2) is 24.3 Å². The SMILES string of the molecule is CCCC(C=O)NC(=O)NCCCCCNC(=O)NCc1ccc(CC(=O)NC(CC=O)C(=O)NC(S)CC(=O)C(C)(C)C)cc1. The lowest BCUT2D eigenvalue weighted by molar-refractivity contribution is -0.130. The molecule has 3 unspecified atom stereocenters. The van der Waals surface area contributed by atoms with Crippen LogP contribution in [0.25, 0.3) is 0 Å². The molecule has 0 spiro atoms. The first-order valence-corrected chi connectivity index (χ1v) is 16.1. The lowest BCUT2D eigenvalue weighted by atomic mass is 9.89. The zero-order valence-corrected chi connectivity index (χ0v) is 28.2. The van der Waals surface area contributed by atoms with Gasteiger partial charge in [-0.2, -0.15) is 12.6 Å². The van der Waals surface area contributed by atoms with Crippen molar-refractivity contribution in [2.45, 2.75) is 103 Å². The Hall–Kier alpha value is -3.94. The number of benzene rings is 1. The lowest BCUT2D eigenvalue weighted by Gasteiger charge is -2.22. The van der Waals surface area contributed by atoms with Crippen molar-refractivity contribution in [3.8, 4) is 0 Å². The van der Waals surface area contributed by atoms with Crippen LogP contribution in [0.4, 0.5) is 9.59 Å². The van der Waals surface area contributed by atoms with Gasteiger partial charge in [0.25, 0.3) is 0 Å². The molecule has 6 amide bonds. The molecule has 0 heterocycles. The fourth-order valence-electron chi connectivity index (χ4n) is 4.11. The van der Waals surface area contributed by atoms with Gasteiger partial charge in [0.05, 0.1) is 17.8 Å². The van der Waals surface area contributed by atoms with Crippen LogP contribution < -0.4 is 31.9 Å². The molecule has 0 saturated carbocycles. The summed E-state index contributed by atoms with van der Waals surface area (Å²) in [6, 6.07) is 4.78. The molecule has 14 heteroatoms. The summed E-state index contributed by atoms with van der Waals surface area (Å²) < 4.78 is 0. The fraction of sp³-hybridized carbons (Fsp3) is 0.594. The van der Waals surface area contributed by atoms with E-state index in [2.05, 4.69) is 44.5 Å². The van der Waals surface area contributed by atoms with Crippen LogP contribution in [0.3, 0.4) is 0 Å². The first kappa shape index (κ1) is 40.1. The minimum absolute atomic E-state index is 0.00841. The highest BCUT2D eigenvalue weighted by Gasteiger charge is 2.26. The summed E-state index contributed by atoms with van der Waals surface area (Å²) in [6.07, 6.45) is 4.71. The van der Waals surface area contributed by atoms with Gasteiger partial charge in [-0.25, -0.2) is 9.59 Å². The first-order valence-electron chi connectivity index (χ1n) is 15.6. The van der Waals surface area contributed by atoms with E-state index in [1.165, 1.54) is 0 Å². The molecule has 0 aromatic heterocycles. The quantitative estimate of drug-likeness (QED) is 0.0455. The van der Waals surface area contributed by atoms with Crippen molar-refractivity contribution in [3.63, 3.8) is 0 Å². The second-order valence-corrected chi connectivity index (χ2v) is 12.6. The molecule has 13 nitrogen and oxygen atoms in total.